The first-order chi connectivity index (χ1) is 19.3. The van der Waals surface area contributed by atoms with E-state index in [0.717, 1.165) is 11.4 Å². The lowest BCUT2D eigenvalue weighted by molar-refractivity contribution is -0.178. The van der Waals surface area contributed by atoms with Crippen molar-refractivity contribution in [3.8, 4) is 5.75 Å². The maximum absolute atomic E-state index is 13.2. The summed E-state index contributed by atoms with van der Waals surface area (Å²) >= 11 is 9.55. The van der Waals surface area contributed by atoms with Crippen LogP contribution in [0.5, 0.6) is 5.75 Å². The van der Waals surface area contributed by atoms with E-state index in [9.17, 15) is 27.6 Å². The van der Waals surface area contributed by atoms with Crippen molar-refractivity contribution >= 4 is 56.6 Å². The number of methoxy groups -OCH3 is 1. The van der Waals surface area contributed by atoms with E-state index in [1.165, 1.54) is 43.5 Å². The average molecular weight is 657 g/mol. The molecule has 0 radical (unpaired) electrons. The Hall–Kier alpha value is -3.61. The van der Waals surface area contributed by atoms with E-state index in [1.54, 1.807) is 31.2 Å². The van der Waals surface area contributed by atoms with Crippen LogP contribution in [-0.2, 0) is 16.1 Å². The fraction of sp³-hybridized carbons (Fsp3) is 0.250. The molecule has 0 saturated carbocycles. The first-order valence-corrected chi connectivity index (χ1v) is 13.3. The summed E-state index contributed by atoms with van der Waals surface area (Å²) in [6, 6.07) is 15.6. The minimum atomic E-state index is -4.68. The molecule has 2 atom stereocenters. The molecule has 3 rings (SSSR count). The van der Waals surface area contributed by atoms with E-state index >= 15 is 0 Å². The molecular weight excluding hydrogens is 631 g/mol. The van der Waals surface area contributed by atoms with Gasteiger partial charge in [0.15, 0.2) is 6.29 Å². The van der Waals surface area contributed by atoms with Crippen LogP contribution in [0.15, 0.2) is 65.1 Å². The van der Waals surface area contributed by atoms with Gasteiger partial charge in [0.05, 0.1) is 16.1 Å². The summed E-state index contributed by atoms with van der Waals surface area (Å²) in [5.41, 5.74) is 1.24. The van der Waals surface area contributed by atoms with Crippen molar-refractivity contribution < 1.29 is 37.0 Å². The van der Waals surface area contributed by atoms with Crippen molar-refractivity contribution in [2.75, 3.05) is 17.7 Å². The molecule has 3 amide bonds. The smallest absolute Gasteiger partial charge is 0.400 e. The first-order valence-electron chi connectivity index (χ1n) is 12.1. The van der Waals surface area contributed by atoms with Crippen molar-refractivity contribution in [2.45, 2.75) is 32.9 Å². The van der Waals surface area contributed by atoms with Gasteiger partial charge in [-0.2, -0.15) is 13.2 Å². The van der Waals surface area contributed by atoms with Gasteiger partial charge >= 0.3 is 6.18 Å². The van der Waals surface area contributed by atoms with Gasteiger partial charge in [-0.15, -0.1) is 0 Å². The lowest BCUT2D eigenvalue weighted by Crippen LogP contribution is -2.37. The Balaban J connectivity index is 1.81. The number of halogens is 5. The fourth-order valence-electron chi connectivity index (χ4n) is 3.39. The van der Waals surface area contributed by atoms with E-state index in [2.05, 4.69) is 31.9 Å². The highest BCUT2D eigenvalue weighted by atomic mass is 79.9. The van der Waals surface area contributed by atoms with Gasteiger partial charge in [-0.25, -0.2) is 0 Å². The number of benzene rings is 3. The third-order valence-electron chi connectivity index (χ3n) is 5.84. The standard InChI is InChI=1S/C28H26BrClF3N3O5/c1-15(28(31,32)33)25(37)34-14-17-4-10-23(30)21(12-17)26(38)36-20-9-11-24(41-16(2)40-3)22(13-20)27(39)35-19-7-5-18(29)6-8-19/h4-13,15-16H,14H2,1-3H3,(H,34,37)(H,35,39)(H,36,38). The number of rotatable bonds is 10. The number of anilines is 2. The van der Waals surface area contributed by atoms with Gasteiger partial charge in [-0.3, -0.25) is 14.4 Å². The zero-order valence-electron chi connectivity index (χ0n) is 22.1. The molecule has 0 spiro atoms. The van der Waals surface area contributed by atoms with Gasteiger partial charge in [0, 0.05) is 29.5 Å². The van der Waals surface area contributed by atoms with Gasteiger partial charge in [0.25, 0.3) is 11.8 Å². The van der Waals surface area contributed by atoms with E-state index in [0.29, 0.717) is 11.3 Å². The van der Waals surface area contributed by atoms with E-state index in [4.69, 9.17) is 21.1 Å². The summed E-state index contributed by atoms with van der Waals surface area (Å²) < 4.78 is 50.0. The topological polar surface area (TPSA) is 106 Å². The largest absolute Gasteiger partial charge is 0.464 e. The van der Waals surface area contributed by atoms with Crippen LogP contribution in [0.2, 0.25) is 5.02 Å². The maximum atomic E-state index is 13.2. The normalized spacial score (nSPS) is 12.7. The third kappa shape index (κ3) is 8.94. The van der Waals surface area contributed by atoms with Crippen LogP contribution in [0.25, 0.3) is 0 Å². The highest BCUT2D eigenvalue weighted by Gasteiger charge is 2.40. The van der Waals surface area contributed by atoms with Gasteiger partial charge in [0.1, 0.15) is 11.7 Å². The summed E-state index contributed by atoms with van der Waals surface area (Å²) in [5.74, 6) is -4.34. The highest BCUT2D eigenvalue weighted by molar-refractivity contribution is 9.10. The fourth-order valence-corrected chi connectivity index (χ4v) is 3.86. The number of amides is 3. The van der Waals surface area contributed by atoms with Crippen LogP contribution in [0.1, 0.15) is 40.1 Å². The molecule has 0 fully saturated rings. The monoisotopic (exact) mass is 655 g/mol. The summed E-state index contributed by atoms with van der Waals surface area (Å²) in [5, 5.41) is 7.70. The molecule has 0 aliphatic rings. The molecule has 3 N–H and O–H groups in total. The Labute approximate surface area is 247 Å². The van der Waals surface area contributed by atoms with Gasteiger partial charge < -0.3 is 25.4 Å². The molecule has 0 aromatic heterocycles. The Morgan fingerprint density at radius 3 is 2.15 bits per heavy atom. The molecule has 3 aromatic rings. The quantitative estimate of drug-likeness (QED) is 0.209. The SMILES string of the molecule is COC(C)Oc1ccc(NC(=O)c2cc(CNC(=O)C(C)C(F)(F)F)ccc2Cl)cc1C(=O)Nc1ccc(Br)cc1. The predicted molar refractivity (Wildman–Crippen MR) is 152 cm³/mol. The number of hydrogen-bond donors (Lipinski definition) is 3. The van der Waals surface area contributed by atoms with Crippen LogP contribution in [0, 0.1) is 5.92 Å². The van der Waals surface area contributed by atoms with Crippen molar-refractivity contribution in [1.29, 1.82) is 0 Å². The Morgan fingerprint density at radius 1 is 0.902 bits per heavy atom. The second-order valence-electron chi connectivity index (χ2n) is 8.84. The number of ether oxygens (including phenoxy) is 2. The summed E-state index contributed by atoms with van der Waals surface area (Å²) in [7, 11) is 1.45. The molecule has 0 heterocycles. The predicted octanol–water partition coefficient (Wildman–Crippen LogP) is 6.79. The summed E-state index contributed by atoms with van der Waals surface area (Å²) in [6.07, 6.45) is -5.35. The zero-order chi connectivity index (χ0) is 30.3. The number of carbonyl (C=O) groups is 3. The zero-order valence-corrected chi connectivity index (χ0v) is 24.4. The maximum Gasteiger partial charge on any atom is 0.400 e. The molecule has 41 heavy (non-hydrogen) atoms. The lowest BCUT2D eigenvalue weighted by atomic mass is 10.1. The van der Waals surface area contributed by atoms with Gasteiger partial charge in [-0.1, -0.05) is 33.6 Å². The Kier molecular flexibility index (Phi) is 10.8. The molecule has 0 saturated heterocycles. The number of alkyl halides is 3. The third-order valence-corrected chi connectivity index (χ3v) is 6.69. The van der Waals surface area contributed by atoms with E-state index in [-0.39, 0.29) is 34.1 Å². The minimum Gasteiger partial charge on any atom is -0.464 e. The van der Waals surface area contributed by atoms with Crippen LogP contribution in [0.3, 0.4) is 0 Å². The molecule has 218 valence electrons. The minimum absolute atomic E-state index is 0.0106. The van der Waals surface area contributed by atoms with Crippen molar-refractivity contribution in [1.82, 2.24) is 5.32 Å². The van der Waals surface area contributed by atoms with Crippen molar-refractivity contribution in [3.63, 3.8) is 0 Å². The molecule has 2 unspecified atom stereocenters. The molecular formula is C28H26BrClF3N3O5. The summed E-state index contributed by atoms with van der Waals surface area (Å²) in [4.78, 5) is 38.1. The van der Waals surface area contributed by atoms with Crippen LogP contribution >= 0.6 is 27.5 Å². The van der Waals surface area contributed by atoms with Gasteiger partial charge in [-0.05, 0) is 74.0 Å². The number of nitrogens with one attached hydrogen (secondary N) is 3. The average Bonchev–Trinajstić information content (AvgIpc) is 2.93. The van der Waals surface area contributed by atoms with E-state index < -0.39 is 36.1 Å². The highest BCUT2D eigenvalue weighted by Crippen LogP contribution is 2.28. The van der Waals surface area contributed by atoms with E-state index in [1.807, 2.05) is 0 Å². The first kappa shape index (κ1) is 31.9. The molecule has 8 nitrogen and oxygen atoms in total. The lowest BCUT2D eigenvalue weighted by Gasteiger charge is -2.17. The molecule has 13 heteroatoms. The van der Waals surface area contributed by atoms with Gasteiger partial charge in [0.2, 0.25) is 5.91 Å². The van der Waals surface area contributed by atoms with Crippen LogP contribution in [-0.4, -0.2) is 37.3 Å². The molecule has 3 aromatic carbocycles. The number of carbonyl (C=O) groups excluding carboxylic acids is 3. The van der Waals surface area contributed by atoms with Crippen LogP contribution < -0.4 is 20.7 Å². The summed E-state index contributed by atoms with van der Waals surface area (Å²) in [6.45, 7) is 2.16. The molecule has 0 aliphatic heterocycles. The number of hydrogen-bond acceptors (Lipinski definition) is 5. The molecule has 0 aliphatic carbocycles. The Morgan fingerprint density at radius 2 is 1.51 bits per heavy atom. The second kappa shape index (κ2) is 13.8. The molecule has 0 bridgehead atoms. The van der Waals surface area contributed by atoms with Crippen molar-refractivity contribution in [2.24, 2.45) is 5.92 Å². The van der Waals surface area contributed by atoms with Crippen molar-refractivity contribution in [3.05, 3.63) is 86.8 Å². The van der Waals surface area contributed by atoms with Crippen LogP contribution in [0.4, 0.5) is 24.5 Å². The second-order valence-corrected chi connectivity index (χ2v) is 10.2. The Bertz CT molecular complexity index is 1420.